The van der Waals surface area contributed by atoms with E-state index in [-0.39, 0.29) is 0 Å². The second-order valence-electron chi connectivity index (χ2n) is 2.09. The van der Waals surface area contributed by atoms with Crippen LogP contribution in [0.4, 0.5) is 13.2 Å². The summed E-state index contributed by atoms with van der Waals surface area (Å²) in [7, 11) is 0. The number of amides is 1. The van der Waals surface area contributed by atoms with E-state index in [1.54, 1.807) is 0 Å². The Morgan fingerprint density at radius 1 is 1.38 bits per heavy atom. The van der Waals surface area contributed by atoms with Crippen molar-refractivity contribution >= 4 is 11.9 Å². The summed E-state index contributed by atoms with van der Waals surface area (Å²) in [6.45, 7) is 2.20. The third-order valence-electron chi connectivity index (χ3n) is 1.02. The maximum atomic E-state index is 11.5. The van der Waals surface area contributed by atoms with Gasteiger partial charge in [0.2, 0.25) is 0 Å². The number of nitrogens with one attached hydrogen (secondary N) is 1. The lowest BCUT2D eigenvalue weighted by atomic mass is 10.3. The highest BCUT2D eigenvalue weighted by molar-refractivity contribution is 5.88. The molecule has 0 saturated carbocycles. The van der Waals surface area contributed by atoms with Gasteiger partial charge in [0.15, 0.2) is 0 Å². The molecule has 0 rings (SSSR count). The monoisotopic (exact) mass is 197 g/mol. The molecule has 2 N–H and O–H groups in total. The summed E-state index contributed by atoms with van der Waals surface area (Å²) >= 11 is 0. The summed E-state index contributed by atoms with van der Waals surface area (Å²) in [5.74, 6) is -3.64. The molecule has 13 heavy (non-hydrogen) atoms. The summed E-state index contributed by atoms with van der Waals surface area (Å²) in [5, 5.41) is 9.53. The van der Waals surface area contributed by atoms with Gasteiger partial charge >= 0.3 is 18.1 Å². The first kappa shape index (κ1) is 11.5. The van der Waals surface area contributed by atoms with Crippen LogP contribution in [0.2, 0.25) is 0 Å². The van der Waals surface area contributed by atoms with Crippen LogP contribution in [-0.2, 0) is 9.59 Å². The molecule has 0 radical (unpaired) electrons. The van der Waals surface area contributed by atoms with E-state index in [0.29, 0.717) is 0 Å². The fourth-order valence-electron chi connectivity index (χ4n) is 0.363. The van der Waals surface area contributed by atoms with Crippen LogP contribution >= 0.6 is 0 Å². The molecule has 4 nitrogen and oxygen atoms in total. The first-order chi connectivity index (χ1) is 5.75. The molecular formula is C6H6F3NO3. The second kappa shape index (κ2) is 3.92. The van der Waals surface area contributed by atoms with Gasteiger partial charge in [-0.2, -0.15) is 13.2 Å². The zero-order valence-corrected chi connectivity index (χ0v) is 6.31. The van der Waals surface area contributed by atoms with Gasteiger partial charge in [-0.25, -0.2) is 4.79 Å². The number of carboxylic acids is 1. The second-order valence-corrected chi connectivity index (χ2v) is 2.09. The van der Waals surface area contributed by atoms with Crippen molar-refractivity contribution in [3.8, 4) is 0 Å². The summed E-state index contributed by atoms with van der Waals surface area (Å²) in [6, 6.07) is 0. The molecular weight excluding hydrogens is 191 g/mol. The number of aliphatic carboxylic acids is 1. The smallest absolute Gasteiger partial charge is 0.471 e. The maximum absolute atomic E-state index is 11.5. The van der Waals surface area contributed by atoms with Crippen LogP contribution in [0.1, 0.15) is 0 Å². The number of carbonyl (C=O) groups is 2. The standard InChI is InChI=1S/C6H6F3NO3/c1-3(4(11)12)2-10-5(13)6(7,8)9/h1-2H2,(H,10,13)(H,11,12). The van der Waals surface area contributed by atoms with Crippen LogP contribution in [-0.4, -0.2) is 29.7 Å². The maximum Gasteiger partial charge on any atom is 0.471 e. The van der Waals surface area contributed by atoms with Crippen LogP contribution < -0.4 is 5.32 Å². The Hall–Kier alpha value is -1.53. The number of carboxylic acid groups (broad SMARTS) is 1. The van der Waals surface area contributed by atoms with Gasteiger partial charge in [-0.3, -0.25) is 4.79 Å². The highest BCUT2D eigenvalue weighted by atomic mass is 19.4. The van der Waals surface area contributed by atoms with E-state index >= 15 is 0 Å². The first-order valence-corrected chi connectivity index (χ1v) is 3.01. The van der Waals surface area contributed by atoms with Gasteiger partial charge in [0, 0.05) is 12.1 Å². The molecule has 0 spiro atoms. The summed E-state index contributed by atoms with van der Waals surface area (Å²) in [5.41, 5.74) is -0.516. The van der Waals surface area contributed by atoms with Crippen LogP contribution in [0.5, 0.6) is 0 Å². The largest absolute Gasteiger partial charge is 0.478 e. The average Bonchev–Trinajstić information content (AvgIpc) is 1.97. The van der Waals surface area contributed by atoms with Crippen molar-refractivity contribution in [1.29, 1.82) is 0 Å². The highest BCUT2D eigenvalue weighted by Crippen LogP contribution is 2.13. The number of carbonyl (C=O) groups excluding carboxylic acids is 1. The molecule has 0 aromatic carbocycles. The average molecular weight is 197 g/mol. The molecule has 0 aliphatic heterocycles. The lowest BCUT2D eigenvalue weighted by Crippen LogP contribution is -2.38. The third-order valence-corrected chi connectivity index (χ3v) is 1.02. The molecule has 0 bridgehead atoms. The van der Waals surface area contributed by atoms with E-state index in [1.165, 1.54) is 5.32 Å². The third kappa shape index (κ3) is 4.14. The summed E-state index contributed by atoms with van der Waals surface area (Å²) in [6.07, 6.45) is -5.00. The zero-order chi connectivity index (χ0) is 10.6. The molecule has 0 saturated heterocycles. The SMILES string of the molecule is C=C(CNC(=O)C(F)(F)F)C(=O)O. The summed E-state index contributed by atoms with van der Waals surface area (Å²) in [4.78, 5) is 20.2. The minimum Gasteiger partial charge on any atom is -0.478 e. The molecule has 1 amide bonds. The van der Waals surface area contributed by atoms with E-state index in [9.17, 15) is 22.8 Å². The Morgan fingerprint density at radius 3 is 2.15 bits per heavy atom. The lowest BCUT2D eigenvalue weighted by Gasteiger charge is -2.06. The number of rotatable bonds is 3. The molecule has 0 atom stereocenters. The van der Waals surface area contributed by atoms with E-state index in [1.807, 2.05) is 0 Å². The van der Waals surface area contributed by atoms with Gasteiger partial charge in [-0.1, -0.05) is 6.58 Å². The van der Waals surface area contributed by atoms with Crippen molar-refractivity contribution < 1.29 is 27.9 Å². The van der Waals surface area contributed by atoms with Gasteiger partial charge in [-0.15, -0.1) is 0 Å². The first-order valence-electron chi connectivity index (χ1n) is 3.01. The number of alkyl halides is 3. The molecule has 0 aliphatic rings. The Morgan fingerprint density at radius 2 is 1.85 bits per heavy atom. The van der Waals surface area contributed by atoms with Gasteiger partial charge in [0.1, 0.15) is 0 Å². The molecule has 0 unspecified atom stereocenters. The summed E-state index contributed by atoms with van der Waals surface area (Å²) < 4.78 is 34.5. The van der Waals surface area contributed by atoms with Crippen molar-refractivity contribution in [2.24, 2.45) is 0 Å². The minimum absolute atomic E-state index is 0.516. The highest BCUT2D eigenvalue weighted by Gasteiger charge is 2.38. The lowest BCUT2D eigenvalue weighted by molar-refractivity contribution is -0.173. The minimum atomic E-state index is -5.00. The normalized spacial score (nSPS) is 10.7. The van der Waals surface area contributed by atoms with Gasteiger partial charge < -0.3 is 10.4 Å². The quantitative estimate of drug-likeness (QED) is 0.639. The molecule has 0 fully saturated rings. The molecule has 0 aromatic heterocycles. The fraction of sp³-hybridized carbons (Fsp3) is 0.333. The van der Waals surface area contributed by atoms with E-state index in [0.717, 1.165) is 0 Å². The fourth-order valence-corrected chi connectivity index (χ4v) is 0.363. The predicted octanol–water partition coefficient (Wildman–Crippen LogP) is 0.306. The van der Waals surface area contributed by atoms with Gasteiger partial charge in [-0.05, 0) is 0 Å². The number of hydrogen-bond acceptors (Lipinski definition) is 2. The van der Waals surface area contributed by atoms with Crippen LogP contribution in [0.25, 0.3) is 0 Å². The zero-order valence-electron chi connectivity index (χ0n) is 6.31. The molecule has 0 aliphatic carbocycles. The van der Waals surface area contributed by atoms with Gasteiger partial charge in [0.05, 0.1) is 0 Å². The Balaban J connectivity index is 3.99. The Kier molecular flexibility index (Phi) is 3.46. The van der Waals surface area contributed by atoms with Crippen molar-refractivity contribution in [2.45, 2.75) is 6.18 Å². The van der Waals surface area contributed by atoms with Crippen molar-refractivity contribution in [2.75, 3.05) is 6.54 Å². The van der Waals surface area contributed by atoms with Crippen LogP contribution in [0.15, 0.2) is 12.2 Å². The van der Waals surface area contributed by atoms with E-state index in [4.69, 9.17) is 5.11 Å². The van der Waals surface area contributed by atoms with Crippen LogP contribution in [0, 0.1) is 0 Å². The Labute approximate surface area is 71.0 Å². The molecule has 0 aromatic rings. The Bertz CT molecular complexity index is 246. The topological polar surface area (TPSA) is 66.4 Å². The van der Waals surface area contributed by atoms with Gasteiger partial charge in [0.25, 0.3) is 0 Å². The van der Waals surface area contributed by atoms with Crippen LogP contribution in [0.3, 0.4) is 0 Å². The van der Waals surface area contributed by atoms with E-state index in [2.05, 4.69) is 6.58 Å². The molecule has 74 valence electrons. The van der Waals surface area contributed by atoms with E-state index < -0.39 is 30.2 Å². The molecule has 0 heterocycles. The number of hydrogen-bond donors (Lipinski definition) is 2. The molecule has 7 heteroatoms. The van der Waals surface area contributed by atoms with Crippen molar-refractivity contribution in [3.63, 3.8) is 0 Å². The number of halogens is 3. The van der Waals surface area contributed by atoms with Crippen molar-refractivity contribution in [1.82, 2.24) is 5.32 Å². The van der Waals surface area contributed by atoms with Crippen molar-refractivity contribution in [3.05, 3.63) is 12.2 Å². The predicted molar refractivity (Wildman–Crippen MR) is 35.8 cm³/mol.